The number of Topliss-reactive ketones (excluding diaryl/α,β-unsaturated/α-hetero) is 1. The van der Waals surface area contributed by atoms with Gasteiger partial charge in [0.1, 0.15) is 16.1 Å². The number of pyridine rings is 1. The molecule has 0 saturated carbocycles. The molecule has 2 amide bonds. The lowest BCUT2D eigenvalue weighted by molar-refractivity contribution is -0.116. The van der Waals surface area contributed by atoms with Crippen LogP contribution in [-0.2, 0) is 4.79 Å². The quantitative estimate of drug-likeness (QED) is 0.388. The number of carbonyl (C=O) groups is 3. The molecule has 8 nitrogen and oxygen atoms in total. The molecular weight excluding hydrogens is 624 g/mol. The van der Waals surface area contributed by atoms with E-state index in [-0.39, 0.29) is 35.1 Å². The molecule has 0 aliphatic rings. The zero-order valence-electron chi connectivity index (χ0n) is 15.7. The first-order chi connectivity index (χ1) is 14.7. The van der Waals surface area contributed by atoms with Gasteiger partial charge in [0, 0.05) is 20.9 Å². The van der Waals surface area contributed by atoms with Crippen LogP contribution >= 0.6 is 61.7 Å². The van der Waals surface area contributed by atoms with Gasteiger partial charge in [-0.1, -0.05) is 23.2 Å². The number of hydrogen-bond donors (Lipinski definition) is 2. The Morgan fingerprint density at radius 1 is 1.19 bits per heavy atom. The first-order valence-electron chi connectivity index (χ1n) is 8.62. The van der Waals surface area contributed by atoms with Crippen molar-refractivity contribution in [3.63, 3.8) is 0 Å². The van der Waals surface area contributed by atoms with Gasteiger partial charge in [0.2, 0.25) is 0 Å². The molecule has 3 aromatic rings. The van der Waals surface area contributed by atoms with Crippen LogP contribution in [0.3, 0.4) is 0 Å². The maximum absolute atomic E-state index is 13.1. The molecule has 1 aromatic carbocycles. The second kappa shape index (κ2) is 10.1. The number of amides is 2. The van der Waals surface area contributed by atoms with Gasteiger partial charge in [-0.25, -0.2) is 9.67 Å². The number of ketones is 1. The van der Waals surface area contributed by atoms with Crippen molar-refractivity contribution >= 4 is 85.0 Å². The summed E-state index contributed by atoms with van der Waals surface area (Å²) in [6.07, 6.45) is 1.53. The number of benzene rings is 1. The lowest BCUT2D eigenvalue weighted by Crippen LogP contribution is -2.30. The molecule has 2 heterocycles. The molecule has 0 aliphatic carbocycles. The smallest absolute Gasteiger partial charge is 0.274 e. The predicted octanol–water partition coefficient (Wildman–Crippen LogP) is 4.51. The zero-order valence-corrected chi connectivity index (χ0v) is 21.0. The van der Waals surface area contributed by atoms with Crippen LogP contribution in [0.4, 0.5) is 5.69 Å². The summed E-state index contributed by atoms with van der Waals surface area (Å²) < 4.78 is 2.22. The van der Waals surface area contributed by atoms with E-state index in [1.807, 2.05) is 22.6 Å². The first kappa shape index (κ1) is 23.6. The fourth-order valence-corrected chi connectivity index (χ4v) is 4.31. The number of anilines is 1. The van der Waals surface area contributed by atoms with E-state index in [1.165, 1.54) is 29.9 Å². The van der Waals surface area contributed by atoms with Crippen LogP contribution in [-0.4, -0.2) is 38.9 Å². The lowest BCUT2D eigenvalue weighted by atomic mass is 10.1. The lowest BCUT2D eigenvalue weighted by Gasteiger charge is -2.14. The van der Waals surface area contributed by atoms with E-state index in [1.54, 1.807) is 18.2 Å². The Hall–Kier alpha value is -2.02. The second-order valence-corrected chi connectivity index (χ2v) is 9.04. The van der Waals surface area contributed by atoms with Crippen LogP contribution in [0.5, 0.6) is 0 Å². The Morgan fingerprint density at radius 2 is 1.94 bits per heavy atom. The second-order valence-electron chi connectivity index (χ2n) is 6.22. The normalized spacial score (nSPS) is 10.6. The molecule has 0 fully saturated rings. The van der Waals surface area contributed by atoms with Gasteiger partial charge in [0.05, 0.1) is 22.8 Å². The van der Waals surface area contributed by atoms with Crippen molar-refractivity contribution in [3.8, 4) is 5.82 Å². The number of nitrogens with zero attached hydrogens (tertiary/aromatic N) is 3. The average Bonchev–Trinajstić information content (AvgIpc) is 3.09. The predicted molar refractivity (Wildman–Crippen MR) is 129 cm³/mol. The fourth-order valence-electron chi connectivity index (χ4n) is 2.57. The molecule has 0 radical (unpaired) electrons. The monoisotopic (exact) mass is 635 g/mol. The van der Waals surface area contributed by atoms with E-state index in [0.29, 0.717) is 18.2 Å². The minimum Gasteiger partial charge on any atom is -0.345 e. The van der Waals surface area contributed by atoms with Crippen LogP contribution in [0.2, 0.25) is 10.0 Å². The summed E-state index contributed by atoms with van der Waals surface area (Å²) in [5.74, 6) is -1.05. The van der Waals surface area contributed by atoms with Gasteiger partial charge in [-0.05, 0) is 69.7 Å². The van der Waals surface area contributed by atoms with Gasteiger partial charge in [0.25, 0.3) is 11.8 Å². The van der Waals surface area contributed by atoms with Crippen LogP contribution in [0.15, 0.2) is 41.1 Å². The molecule has 2 aromatic heterocycles. The van der Waals surface area contributed by atoms with Crippen LogP contribution < -0.4 is 10.6 Å². The van der Waals surface area contributed by atoms with E-state index in [2.05, 4.69) is 36.6 Å². The molecule has 0 unspecified atom stereocenters. The summed E-state index contributed by atoms with van der Waals surface area (Å²) >= 11 is 17.5. The highest BCUT2D eigenvalue weighted by Gasteiger charge is 2.23. The summed E-state index contributed by atoms with van der Waals surface area (Å²) in [6, 6.07) is 7.80. The Bertz CT molecular complexity index is 1200. The summed E-state index contributed by atoms with van der Waals surface area (Å²) in [7, 11) is 0. The van der Waals surface area contributed by atoms with Crippen molar-refractivity contribution in [2.45, 2.75) is 6.92 Å². The topological polar surface area (TPSA) is 106 Å². The number of rotatable bonds is 6. The minimum atomic E-state index is -0.555. The molecular formula is C19H13BrCl2IN5O3. The Balaban J connectivity index is 1.99. The standard InChI is InChI=1S/C19H13BrCl2IN5O3/c1-9(29)8-25-18(30)11-5-10(21)6-13(23)16(11)26-19(31)14-7-15(20)27-28(14)17-12(22)3-2-4-24-17/h2-7H,8H2,1H3,(H,25,30)(H,26,31). The van der Waals surface area contributed by atoms with Crippen molar-refractivity contribution in [2.75, 3.05) is 11.9 Å². The number of aromatic nitrogens is 3. The summed E-state index contributed by atoms with van der Waals surface area (Å²) in [5.41, 5.74) is 0.493. The average molecular weight is 637 g/mol. The molecule has 0 saturated heterocycles. The zero-order chi connectivity index (χ0) is 22.7. The Labute approximate surface area is 209 Å². The highest BCUT2D eigenvalue weighted by atomic mass is 127. The van der Waals surface area contributed by atoms with Crippen molar-refractivity contribution in [1.82, 2.24) is 20.1 Å². The maximum Gasteiger partial charge on any atom is 0.274 e. The first-order valence-corrected chi connectivity index (χ1v) is 11.2. The molecule has 2 N–H and O–H groups in total. The third-order valence-corrected chi connectivity index (χ3v) is 5.64. The van der Waals surface area contributed by atoms with Gasteiger partial charge in [-0.2, -0.15) is 5.10 Å². The molecule has 0 aliphatic heterocycles. The molecule has 0 bridgehead atoms. The fraction of sp³-hybridized carbons (Fsp3) is 0.105. The van der Waals surface area contributed by atoms with Gasteiger partial charge >= 0.3 is 0 Å². The molecule has 3 rings (SSSR count). The van der Waals surface area contributed by atoms with Crippen LogP contribution in [0.1, 0.15) is 27.8 Å². The number of nitrogens with one attached hydrogen (secondary N) is 2. The van der Waals surface area contributed by atoms with Crippen LogP contribution in [0.25, 0.3) is 5.82 Å². The molecule has 160 valence electrons. The highest BCUT2D eigenvalue weighted by Crippen LogP contribution is 2.29. The molecule has 0 spiro atoms. The Morgan fingerprint density at radius 3 is 2.61 bits per heavy atom. The van der Waals surface area contributed by atoms with Gasteiger partial charge < -0.3 is 10.6 Å². The number of halogens is 4. The molecule has 31 heavy (non-hydrogen) atoms. The van der Waals surface area contributed by atoms with Crippen molar-refractivity contribution in [2.24, 2.45) is 0 Å². The van der Waals surface area contributed by atoms with Gasteiger partial charge in [-0.3, -0.25) is 14.4 Å². The van der Waals surface area contributed by atoms with E-state index < -0.39 is 11.8 Å². The van der Waals surface area contributed by atoms with E-state index in [4.69, 9.17) is 23.2 Å². The molecule has 0 atom stereocenters. The van der Waals surface area contributed by atoms with Gasteiger partial charge in [-0.15, -0.1) is 0 Å². The minimum absolute atomic E-state index is 0.118. The third-order valence-electron chi connectivity index (χ3n) is 3.89. The van der Waals surface area contributed by atoms with Crippen molar-refractivity contribution in [1.29, 1.82) is 0 Å². The maximum atomic E-state index is 13.1. The summed E-state index contributed by atoms with van der Waals surface area (Å²) in [5, 5.41) is 10.1. The summed E-state index contributed by atoms with van der Waals surface area (Å²) in [4.78, 5) is 41.1. The van der Waals surface area contributed by atoms with Crippen molar-refractivity contribution < 1.29 is 14.4 Å². The van der Waals surface area contributed by atoms with E-state index >= 15 is 0 Å². The van der Waals surface area contributed by atoms with Crippen LogP contribution in [0, 0.1) is 3.57 Å². The van der Waals surface area contributed by atoms with Crippen molar-refractivity contribution in [3.05, 3.63) is 66.0 Å². The largest absolute Gasteiger partial charge is 0.345 e. The van der Waals surface area contributed by atoms with Gasteiger partial charge in [0.15, 0.2) is 5.82 Å². The summed E-state index contributed by atoms with van der Waals surface area (Å²) in [6.45, 7) is 1.21. The number of carbonyl (C=O) groups excluding carboxylic acids is 3. The Kier molecular flexibility index (Phi) is 7.68. The highest BCUT2D eigenvalue weighted by molar-refractivity contribution is 14.1. The molecule has 12 heteroatoms. The number of hydrogen-bond acceptors (Lipinski definition) is 5. The third kappa shape index (κ3) is 5.62. The van der Waals surface area contributed by atoms with E-state index in [9.17, 15) is 14.4 Å². The SMILES string of the molecule is CC(=O)CNC(=O)c1cc(Cl)cc(I)c1NC(=O)c1cc(Br)nn1-c1ncccc1Cl. The van der Waals surface area contributed by atoms with E-state index in [0.717, 1.165) is 0 Å².